The van der Waals surface area contributed by atoms with E-state index in [1.54, 1.807) is 36.4 Å². The number of benzene rings is 2. The van der Waals surface area contributed by atoms with Gasteiger partial charge in [-0.2, -0.15) is 0 Å². The SMILES string of the molecule is Cc1ccc(F)c(N=c2oc3ccc(Cl)cc3cc2C(=O)NC[C@@H]2CCCO2)c1. The molecule has 3 aromatic rings. The summed E-state index contributed by atoms with van der Waals surface area (Å²) in [6, 6.07) is 11.3. The van der Waals surface area contributed by atoms with Crippen LogP contribution in [-0.2, 0) is 4.74 Å². The fourth-order valence-electron chi connectivity index (χ4n) is 3.27. The van der Waals surface area contributed by atoms with Crippen LogP contribution in [0.3, 0.4) is 0 Å². The Morgan fingerprint density at radius 1 is 1.28 bits per heavy atom. The Hall–Kier alpha value is -2.70. The highest BCUT2D eigenvalue weighted by Crippen LogP contribution is 2.21. The highest BCUT2D eigenvalue weighted by Gasteiger charge is 2.19. The molecule has 1 amide bonds. The van der Waals surface area contributed by atoms with Crippen molar-refractivity contribution >= 4 is 34.2 Å². The van der Waals surface area contributed by atoms with Crippen molar-refractivity contribution in [2.75, 3.05) is 13.2 Å². The molecule has 2 aromatic carbocycles. The van der Waals surface area contributed by atoms with Crippen LogP contribution in [0.25, 0.3) is 11.0 Å². The maximum absolute atomic E-state index is 14.2. The van der Waals surface area contributed by atoms with Crippen LogP contribution >= 0.6 is 11.6 Å². The van der Waals surface area contributed by atoms with Crippen molar-refractivity contribution in [3.8, 4) is 0 Å². The topological polar surface area (TPSA) is 63.8 Å². The minimum atomic E-state index is -0.493. The second-order valence-corrected chi connectivity index (χ2v) is 7.50. The largest absolute Gasteiger partial charge is 0.438 e. The van der Waals surface area contributed by atoms with Crippen LogP contribution in [0.1, 0.15) is 28.8 Å². The Kier molecular flexibility index (Phi) is 5.65. The zero-order valence-electron chi connectivity index (χ0n) is 15.9. The van der Waals surface area contributed by atoms with E-state index >= 15 is 0 Å². The lowest BCUT2D eigenvalue weighted by atomic mass is 10.1. The second kappa shape index (κ2) is 8.35. The zero-order chi connectivity index (χ0) is 20.4. The van der Waals surface area contributed by atoms with E-state index < -0.39 is 5.82 Å². The molecule has 0 radical (unpaired) electrons. The van der Waals surface area contributed by atoms with Crippen LogP contribution < -0.4 is 10.9 Å². The number of carbonyl (C=O) groups excluding carboxylic acids is 1. The van der Waals surface area contributed by atoms with E-state index in [0.717, 1.165) is 18.4 Å². The number of hydrogen-bond acceptors (Lipinski definition) is 4. The third-order valence-electron chi connectivity index (χ3n) is 4.79. The molecule has 1 atom stereocenters. The summed E-state index contributed by atoms with van der Waals surface area (Å²) in [6.07, 6.45) is 1.89. The summed E-state index contributed by atoms with van der Waals surface area (Å²) >= 11 is 6.07. The third kappa shape index (κ3) is 4.49. The lowest BCUT2D eigenvalue weighted by Gasteiger charge is -2.11. The van der Waals surface area contributed by atoms with Crippen LogP contribution in [0.4, 0.5) is 10.1 Å². The van der Waals surface area contributed by atoms with Gasteiger partial charge in [0.05, 0.1) is 6.10 Å². The minimum absolute atomic E-state index is 0.000366. The average Bonchev–Trinajstić information content (AvgIpc) is 3.22. The molecule has 1 aliphatic rings. The summed E-state index contributed by atoms with van der Waals surface area (Å²) < 4.78 is 25.6. The van der Waals surface area contributed by atoms with Gasteiger partial charge in [-0.25, -0.2) is 9.38 Å². The number of rotatable bonds is 4. The van der Waals surface area contributed by atoms with Crippen molar-refractivity contribution in [3.05, 3.63) is 70.0 Å². The highest BCUT2D eigenvalue weighted by atomic mass is 35.5. The molecule has 5 nitrogen and oxygen atoms in total. The maximum Gasteiger partial charge on any atom is 0.256 e. The Morgan fingerprint density at radius 2 is 2.14 bits per heavy atom. The van der Waals surface area contributed by atoms with Gasteiger partial charge < -0.3 is 14.5 Å². The summed E-state index contributed by atoms with van der Waals surface area (Å²) in [5.74, 6) is -0.856. The molecule has 29 heavy (non-hydrogen) atoms. The van der Waals surface area contributed by atoms with Crippen LogP contribution in [-0.4, -0.2) is 25.2 Å². The molecule has 0 aliphatic carbocycles. The number of aryl methyl sites for hydroxylation is 1. The molecule has 1 saturated heterocycles. The van der Waals surface area contributed by atoms with E-state index in [2.05, 4.69) is 10.3 Å². The van der Waals surface area contributed by atoms with E-state index in [1.807, 2.05) is 6.92 Å². The van der Waals surface area contributed by atoms with Crippen molar-refractivity contribution in [1.82, 2.24) is 5.32 Å². The average molecular weight is 415 g/mol. The molecule has 2 heterocycles. The number of amides is 1. The van der Waals surface area contributed by atoms with Gasteiger partial charge in [0.2, 0.25) is 5.55 Å². The van der Waals surface area contributed by atoms with Gasteiger partial charge in [-0.3, -0.25) is 4.79 Å². The Morgan fingerprint density at radius 3 is 2.93 bits per heavy atom. The Balaban J connectivity index is 1.79. The molecule has 0 unspecified atom stereocenters. The number of ether oxygens (including phenoxy) is 1. The molecular weight excluding hydrogens is 395 g/mol. The first-order valence-electron chi connectivity index (χ1n) is 9.44. The molecule has 150 valence electrons. The quantitative estimate of drug-likeness (QED) is 0.674. The van der Waals surface area contributed by atoms with Crippen LogP contribution in [0.5, 0.6) is 0 Å². The highest BCUT2D eigenvalue weighted by molar-refractivity contribution is 6.31. The molecule has 4 rings (SSSR count). The molecule has 1 fully saturated rings. The summed E-state index contributed by atoms with van der Waals surface area (Å²) in [5.41, 5.74) is 1.70. The van der Waals surface area contributed by atoms with Gasteiger partial charge in [0.1, 0.15) is 22.7 Å². The summed E-state index contributed by atoms with van der Waals surface area (Å²) in [7, 11) is 0. The van der Waals surface area contributed by atoms with Gasteiger partial charge in [0.15, 0.2) is 0 Å². The molecular formula is C22H20ClFN2O3. The zero-order valence-corrected chi connectivity index (χ0v) is 16.6. The van der Waals surface area contributed by atoms with Crippen molar-refractivity contribution in [3.63, 3.8) is 0 Å². The number of hydrogen-bond donors (Lipinski definition) is 1. The molecule has 0 saturated carbocycles. The van der Waals surface area contributed by atoms with E-state index in [-0.39, 0.29) is 28.8 Å². The number of nitrogens with zero attached hydrogens (tertiary/aromatic N) is 1. The van der Waals surface area contributed by atoms with Gasteiger partial charge in [0, 0.05) is 23.6 Å². The third-order valence-corrected chi connectivity index (χ3v) is 5.03. The van der Waals surface area contributed by atoms with Crippen molar-refractivity contribution in [2.45, 2.75) is 25.9 Å². The van der Waals surface area contributed by atoms with Gasteiger partial charge in [-0.05, 0) is 61.7 Å². The molecule has 0 spiro atoms. The van der Waals surface area contributed by atoms with Gasteiger partial charge in [-0.1, -0.05) is 17.7 Å². The lowest BCUT2D eigenvalue weighted by molar-refractivity contribution is 0.0854. The standard InChI is InChI=1S/C22H20ClFN2O3/c1-13-4-6-18(24)19(9-13)26-22-17(21(27)25-12-16-3-2-8-28-16)11-14-10-15(23)5-7-20(14)29-22/h4-7,9-11,16H,2-3,8,12H2,1H3,(H,25,27)/t16-/m0/s1. The van der Waals surface area contributed by atoms with Crippen molar-refractivity contribution in [1.29, 1.82) is 0 Å². The van der Waals surface area contributed by atoms with Crippen molar-refractivity contribution < 1.29 is 18.3 Å². The smallest absolute Gasteiger partial charge is 0.256 e. The van der Waals surface area contributed by atoms with Gasteiger partial charge in [-0.15, -0.1) is 0 Å². The van der Waals surface area contributed by atoms with Crippen LogP contribution in [0.2, 0.25) is 5.02 Å². The monoisotopic (exact) mass is 414 g/mol. The first-order chi connectivity index (χ1) is 14.0. The molecule has 1 aliphatic heterocycles. The van der Waals surface area contributed by atoms with E-state index in [1.165, 1.54) is 6.07 Å². The molecule has 0 bridgehead atoms. The molecule has 1 N–H and O–H groups in total. The normalized spacial score (nSPS) is 17.1. The Bertz CT molecular complexity index is 1140. The van der Waals surface area contributed by atoms with E-state index in [9.17, 15) is 9.18 Å². The maximum atomic E-state index is 14.2. The predicted molar refractivity (Wildman–Crippen MR) is 109 cm³/mol. The number of halogens is 2. The van der Waals surface area contributed by atoms with E-state index in [4.69, 9.17) is 20.8 Å². The van der Waals surface area contributed by atoms with Crippen LogP contribution in [0, 0.1) is 12.7 Å². The predicted octanol–water partition coefficient (Wildman–Crippen LogP) is 4.67. The number of fused-ring (bicyclic) bond motifs is 1. The molecule has 7 heteroatoms. The first-order valence-corrected chi connectivity index (χ1v) is 9.81. The summed E-state index contributed by atoms with van der Waals surface area (Å²) in [6.45, 7) is 2.94. The molecule has 1 aromatic heterocycles. The fourth-order valence-corrected chi connectivity index (χ4v) is 3.45. The van der Waals surface area contributed by atoms with Gasteiger partial charge in [0.25, 0.3) is 5.91 Å². The summed E-state index contributed by atoms with van der Waals surface area (Å²) in [4.78, 5) is 17.2. The fraction of sp³-hybridized carbons (Fsp3) is 0.273. The van der Waals surface area contributed by atoms with Crippen LogP contribution in [0.15, 0.2) is 51.9 Å². The summed E-state index contributed by atoms with van der Waals surface area (Å²) in [5, 5.41) is 4.04. The first kappa shape index (κ1) is 19.6. The van der Waals surface area contributed by atoms with E-state index in [0.29, 0.717) is 29.1 Å². The second-order valence-electron chi connectivity index (χ2n) is 7.06. The lowest BCUT2D eigenvalue weighted by Crippen LogP contribution is -2.34. The number of nitrogens with one attached hydrogen (secondary N) is 1. The number of carbonyl (C=O) groups is 1. The van der Waals surface area contributed by atoms with Crippen molar-refractivity contribution in [2.24, 2.45) is 4.99 Å². The minimum Gasteiger partial charge on any atom is -0.438 e. The Labute approximate surface area is 172 Å². The van der Waals surface area contributed by atoms with Gasteiger partial charge >= 0.3 is 0 Å².